The molecule has 0 saturated carbocycles. The van der Waals surface area contributed by atoms with Gasteiger partial charge in [0.2, 0.25) is 5.16 Å². The van der Waals surface area contributed by atoms with Gasteiger partial charge in [0.05, 0.1) is 20.1 Å². The standard InChI is InChI=1S/C10H19N5O2S/c1-3-5-11-6-7-15-10(12-13-14-15)18-8-4-9(16)17-2/h11H,3-8H2,1-2H3. The van der Waals surface area contributed by atoms with Crippen LogP contribution >= 0.6 is 11.8 Å². The number of nitrogens with one attached hydrogen (secondary N) is 1. The highest BCUT2D eigenvalue weighted by atomic mass is 32.2. The van der Waals surface area contributed by atoms with Crippen molar-refractivity contribution >= 4 is 17.7 Å². The van der Waals surface area contributed by atoms with Gasteiger partial charge in [0, 0.05) is 12.3 Å². The number of methoxy groups -OCH3 is 1. The smallest absolute Gasteiger partial charge is 0.306 e. The fourth-order valence-corrected chi connectivity index (χ4v) is 2.08. The van der Waals surface area contributed by atoms with Crippen LogP contribution in [-0.4, -0.2) is 52.1 Å². The Balaban J connectivity index is 2.28. The van der Waals surface area contributed by atoms with Crippen molar-refractivity contribution in [3.63, 3.8) is 0 Å². The third kappa shape index (κ3) is 5.46. The molecular weight excluding hydrogens is 254 g/mol. The van der Waals surface area contributed by atoms with E-state index >= 15 is 0 Å². The zero-order valence-electron chi connectivity index (χ0n) is 10.8. The Morgan fingerprint density at radius 1 is 1.50 bits per heavy atom. The third-order valence-corrected chi connectivity index (χ3v) is 3.15. The molecule has 0 aromatic carbocycles. The van der Waals surface area contributed by atoms with E-state index in [0.717, 1.165) is 31.2 Å². The number of esters is 1. The molecule has 1 rings (SSSR count). The Morgan fingerprint density at radius 2 is 2.33 bits per heavy atom. The Morgan fingerprint density at radius 3 is 3.06 bits per heavy atom. The minimum Gasteiger partial charge on any atom is -0.469 e. The number of aromatic nitrogens is 4. The maximum atomic E-state index is 11.0. The van der Waals surface area contributed by atoms with Crippen LogP contribution in [0.4, 0.5) is 0 Å². The molecule has 7 nitrogen and oxygen atoms in total. The first-order valence-electron chi connectivity index (χ1n) is 5.94. The number of tetrazole rings is 1. The summed E-state index contributed by atoms with van der Waals surface area (Å²) in [4.78, 5) is 11.0. The summed E-state index contributed by atoms with van der Waals surface area (Å²) < 4.78 is 6.31. The van der Waals surface area contributed by atoms with Crippen LogP contribution in [0.25, 0.3) is 0 Å². The zero-order valence-corrected chi connectivity index (χ0v) is 11.6. The lowest BCUT2D eigenvalue weighted by atomic mass is 10.5. The van der Waals surface area contributed by atoms with Gasteiger partial charge in [0.25, 0.3) is 0 Å². The van der Waals surface area contributed by atoms with Crippen molar-refractivity contribution in [3.8, 4) is 0 Å². The van der Waals surface area contributed by atoms with Crippen molar-refractivity contribution in [1.29, 1.82) is 0 Å². The molecule has 1 aromatic heterocycles. The molecule has 0 atom stereocenters. The average molecular weight is 273 g/mol. The Labute approximate surface area is 111 Å². The monoisotopic (exact) mass is 273 g/mol. The molecule has 0 aliphatic carbocycles. The van der Waals surface area contributed by atoms with Crippen molar-refractivity contribution in [3.05, 3.63) is 0 Å². The summed E-state index contributed by atoms with van der Waals surface area (Å²) >= 11 is 1.46. The highest BCUT2D eigenvalue weighted by Crippen LogP contribution is 2.14. The second-order valence-corrected chi connectivity index (χ2v) is 4.67. The van der Waals surface area contributed by atoms with E-state index in [0.29, 0.717) is 12.2 Å². The predicted octanol–water partition coefficient (Wildman–Crippen LogP) is 0.328. The molecule has 18 heavy (non-hydrogen) atoms. The highest BCUT2D eigenvalue weighted by molar-refractivity contribution is 7.99. The van der Waals surface area contributed by atoms with E-state index < -0.39 is 0 Å². The predicted molar refractivity (Wildman–Crippen MR) is 68.3 cm³/mol. The van der Waals surface area contributed by atoms with E-state index in [2.05, 4.69) is 32.5 Å². The number of nitrogens with zero attached hydrogens (tertiary/aromatic N) is 4. The lowest BCUT2D eigenvalue weighted by Crippen LogP contribution is -2.21. The van der Waals surface area contributed by atoms with Crippen LogP contribution in [0.3, 0.4) is 0 Å². The van der Waals surface area contributed by atoms with Crippen LogP contribution < -0.4 is 5.32 Å². The van der Waals surface area contributed by atoms with Crippen molar-refractivity contribution in [2.24, 2.45) is 0 Å². The summed E-state index contributed by atoms with van der Waals surface area (Å²) in [6.45, 7) is 4.68. The molecule has 102 valence electrons. The molecule has 0 unspecified atom stereocenters. The molecule has 0 aliphatic heterocycles. The van der Waals surface area contributed by atoms with E-state index in [1.54, 1.807) is 4.68 Å². The summed E-state index contributed by atoms with van der Waals surface area (Å²) in [5.74, 6) is 0.404. The van der Waals surface area contributed by atoms with E-state index in [-0.39, 0.29) is 5.97 Å². The maximum Gasteiger partial charge on any atom is 0.306 e. The molecule has 0 radical (unpaired) electrons. The third-order valence-electron chi connectivity index (χ3n) is 2.19. The highest BCUT2D eigenvalue weighted by Gasteiger charge is 2.08. The summed E-state index contributed by atoms with van der Waals surface area (Å²) in [5, 5.41) is 15.5. The molecular formula is C10H19N5O2S. The molecule has 0 amide bonds. The Kier molecular flexibility index (Phi) is 7.35. The minimum atomic E-state index is -0.217. The molecule has 0 bridgehead atoms. The van der Waals surface area contributed by atoms with Gasteiger partial charge in [-0.1, -0.05) is 18.7 Å². The van der Waals surface area contributed by atoms with Gasteiger partial charge in [-0.05, 0) is 23.4 Å². The Hall–Kier alpha value is -1.15. The van der Waals surface area contributed by atoms with Gasteiger partial charge in [-0.15, -0.1) is 5.10 Å². The molecule has 0 spiro atoms. The topological polar surface area (TPSA) is 81.9 Å². The second-order valence-electron chi connectivity index (χ2n) is 3.61. The largest absolute Gasteiger partial charge is 0.469 e. The van der Waals surface area contributed by atoms with Crippen LogP contribution in [0.1, 0.15) is 19.8 Å². The fraction of sp³-hybridized carbons (Fsp3) is 0.800. The van der Waals surface area contributed by atoms with Crippen molar-refractivity contribution in [2.75, 3.05) is 26.0 Å². The summed E-state index contributed by atoms with van der Waals surface area (Å²) in [7, 11) is 1.39. The molecule has 1 N–H and O–H groups in total. The first kappa shape index (κ1) is 14.9. The second kappa shape index (κ2) is 8.87. The summed E-state index contributed by atoms with van der Waals surface area (Å²) in [6, 6.07) is 0. The SMILES string of the molecule is CCCNCCn1nnnc1SCCC(=O)OC. The van der Waals surface area contributed by atoms with E-state index in [4.69, 9.17) is 0 Å². The van der Waals surface area contributed by atoms with Crippen LogP contribution in [0.5, 0.6) is 0 Å². The van der Waals surface area contributed by atoms with Gasteiger partial charge in [0.15, 0.2) is 0 Å². The van der Waals surface area contributed by atoms with Gasteiger partial charge in [-0.2, -0.15) is 0 Å². The van der Waals surface area contributed by atoms with E-state index in [9.17, 15) is 4.79 Å². The summed E-state index contributed by atoms with van der Waals surface area (Å²) in [6.07, 6.45) is 1.47. The van der Waals surface area contributed by atoms with E-state index in [1.165, 1.54) is 18.9 Å². The molecule has 1 heterocycles. The first-order valence-corrected chi connectivity index (χ1v) is 6.93. The lowest BCUT2D eigenvalue weighted by Gasteiger charge is -2.05. The van der Waals surface area contributed by atoms with Crippen molar-refractivity contribution in [2.45, 2.75) is 31.5 Å². The van der Waals surface area contributed by atoms with Crippen LogP contribution in [0.15, 0.2) is 5.16 Å². The fourth-order valence-electron chi connectivity index (χ4n) is 1.25. The van der Waals surface area contributed by atoms with Gasteiger partial charge in [-0.3, -0.25) is 4.79 Å². The number of hydrogen-bond donors (Lipinski definition) is 1. The van der Waals surface area contributed by atoms with Gasteiger partial charge in [-0.25, -0.2) is 4.68 Å². The minimum absolute atomic E-state index is 0.217. The zero-order chi connectivity index (χ0) is 13.2. The number of thioether (sulfide) groups is 1. The normalized spacial score (nSPS) is 10.6. The van der Waals surface area contributed by atoms with Gasteiger partial charge in [0.1, 0.15) is 0 Å². The quantitative estimate of drug-likeness (QED) is 0.394. The average Bonchev–Trinajstić information content (AvgIpc) is 2.82. The van der Waals surface area contributed by atoms with Gasteiger partial charge < -0.3 is 10.1 Å². The molecule has 8 heteroatoms. The number of rotatable bonds is 9. The Bertz CT molecular complexity index is 358. The van der Waals surface area contributed by atoms with Crippen LogP contribution in [0, 0.1) is 0 Å². The van der Waals surface area contributed by atoms with Crippen molar-refractivity contribution in [1.82, 2.24) is 25.5 Å². The molecule has 0 fully saturated rings. The van der Waals surface area contributed by atoms with E-state index in [1.807, 2.05) is 0 Å². The lowest BCUT2D eigenvalue weighted by molar-refractivity contribution is -0.140. The number of hydrogen-bond acceptors (Lipinski definition) is 7. The maximum absolute atomic E-state index is 11.0. The first-order chi connectivity index (χ1) is 8.77. The van der Waals surface area contributed by atoms with Crippen LogP contribution in [0.2, 0.25) is 0 Å². The summed E-state index contributed by atoms with van der Waals surface area (Å²) in [5.41, 5.74) is 0. The van der Waals surface area contributed by atoms with Crippen LogP contribution in [-0.2, 0) is 16.1 Å². The molecule has 0 saturated heterocycles. The molecule has 1 aromatic rings. The molecule has 0 aliphatic rings. The van der Waals surface area contributed by atoms with Gasteiger partial charge >= 0.3 is 5.97 Å². The number of ether oxygens (including phenoxy) is 1. The van der Waals surface area contributed by atoms with Crippen molar-refractivity contribution < 1.29 is 9.53 Å². The number of carbonyl (C=O) groups is 1. The number of carbonyl (C=O) groups excluding carboxylic acids is 1.